The van der Waals surface area contributed by atoms with Gasteiger partial charge in [0.25, 0.3) is 11.8 Å². The minimum Gasteiger partial charge on any atom is -0.394 e. The molecular formula is C20H31N3O6. The van der Waals surface area contributed by atoms with Crippen LogP contribution in [0.5, 0.6) is 0 Å². The fourth-order valence-corrected chi connectivity index (χ4v) is 2.27. The molecular weight excluding hydrogens is 378 g/mol. The Kier molecular flexibility index (Phi) is 12.3. The fraction of sp³-hybridized carbons (Fsp3) is 0.500. The summed E-state index contributed by atoms with van der Waals surface area (Å²) in [6.45, 7) is 1.06. The Balaban J connectivity index is 2.80. The first-order valence-electron chi connectivity index (χ1n) is 9.42. The molecule has 0 radical (unpaired) electrons. The van der Waals surface area contributed by atoms with Crippen molar-refractivity contribution in [1.29, 1.82) is 0 Å². The highest BCUT2D eigenvalue weighted by Crippen LogP contribution is 2.15. The maximum atomic E-state index is 12.5. The number of carbonyl (C=O) groups excluding carboxylic acids is 2. The molecule has 4 N–H and O–H groups in total. The lowest BCUT2D eigenvalue weighted by atomic mass is 10.1. The number of carbonyl (C=O) groups is 2. The molecule has 9 nitrogen and oxygen atoms in total. The summed E-state index contributed by atoms with van der Waals surface area (Å²) in [7, 11) is 3.85. The number of benzene rings is 1. The topological polar surface area (TPSA) is 120 Å². The fourth-order valence-electron chi connectivity index (χ4n) is 2.27. The number of amides is 2. The van der Waals surface area contributed by atoms with E-state index in [9.17, 15) is 9.59 Å². The lowest BCUT2D eigenvalue weighted by Crippen LogP contribution is -2.37. The van der Waals surface area contributed by atoms with Gasteiger partial charge < -0.3 is 35.2 Å². The van der Waals surface area contributed by atoms with Crippen molar-refractivity contribution in [2.75, 3.05) is 71.7 Å². The van der Waals surface area contributed by atoms with Gasteiger partial charge in [-0.2, -0.15) is 0 Å². The van der Waals surface area contributed by atoms with Gasteiger partial charge in [0.1, 0.15) is 5.57 Å². The van der Waals surface area contributed by atoms with Crippen molar-refractivity contribution < 1.29 is 29.3 Å². The monoisotopic (exact) mass is 409 g/mol. The molecule has 29 heavy (non-hydrogen) atoms. The third kappa shape index (κ3) is 10.0. The van der Waals surface area contributed by atoms with Gasteiger partial charge in [-0.3, -0.25) is 9.59 Å². The van der Waals surface area contributed by atoms with E-state index in [1.807, 2.05) is 43.3 Å². The number of nitrogens with one attached hydrogen (secondary N) is 2. The van der Waals surface area contributed by atoms with E-state index in [0.29, 0.717) is 5.56 Å². The molecule has 0 fully saturated rings. The molecule has 0 unspecified atom stereocenters. The average Bonchev–Trinajstić information content (AvgIpc) is 2.71. The van der Waals surface area contributed by atoms with Crippen molar-refractivity contribution in [3.8, 4) is 0 Å². The van der Waals surface area contributed by atoms with E-state index in [1.165, 1.54) is 6.08 Å². The quantitative estimate of drug-likeness (QED) is 0.140. The van der Waals surface area contributed by atoms with Crippen LogP contribution < -0.4 is 15.5 Å². The number of hydrogen-bond acceptors (Lipinski definition) is 7. The van der Waals surface area contributed by atoms with Crippen molar-refractivity contribution in [3.05, 3.63) is 35.4 Å². The first-order chi connectivity index (χ1) is 14.0. The van der Waals surface area contributed by atoms with Crippen LogP contribution in [0, 0.1) is 0 Å². The van der Waals surface area contributed by atoms with Crippen LogP contribution in [-0.4, -0.2) is 88.9 Å². The van der Waals surface area contributed by atoms with Crippen molar-refractivity contribution in [1.82, 2.24) is 10.6 Å². The number of aliphatic hydroxyl groups is 2. The number of ether oxygens (including phenoxy) is 2. The Morgan fingerprint density at radius 2 is 1.38 bits per heavy atom. The molecule has 0 heterocycles. The van der Waals surface area contributed by atoms with Gasteiger partial charge in [0, 0.05) is 32.9 Å². The molecule has 0 aliphatic heterocycles. The van der Waals surface area contributed by atoms with Crippen molar-refractivity contribution in [2.24, 2.45) is 0 Å². The summed E-state index contributed by atoms with van der Waals surface area (Å²) in [6, 6.07) is 7.44. The summed E-state index contributed by atoms with van der Waals surface area (Å²) in [5.41, 5.74) is 1.68. The molecule has 0 aliphatic rings. The number of anilines is 1. The van der Waals surface area contributed by atoms with Crippen LogP contribution in [-0.2, 0) is 19.1 Å². The number of hydrogen-bond donors (Lipinski definition) is 4. The van der Waals surface area contributed by atoms with Gasteiger partial charge in [-0.1, -0.05) is 12.1 Å². The summed E-state index contributed by atoms with van der Waals surface area (Å²) in [5.74, 6) is -1.05. The number of nitrogens with zero attached hydrogens (tertiary/aromatic N) is 1. The zero-order chi connectivity index (χ0) is 21.5. The van der Waals surface area contributed by atoms with E-state index in [2.05, 4.69) is 10.6 Å². The number of rotatable bonds is 14. The Morgan fingerprint density at radius 3 is 1.79 bits per heavy atom. The van der Waals surface area contributed by atoms with Crippen LogP contribution in [0.15, 0.2) is 29.8 Å². The highest BCUT2D eigenvalue weighted by molar-refractivity contribution is 6.21. The van der Waals surface area contributed by atoms with Crippen LogP contribution >= 0.6 is 0 Å². The molecule has 1 rings (SSSR count). The van der Waals surface area contributed by atoms with Crippen LogP contribution in [0.3, 0.4) is 0 Å². The second-order valence-corrected chi connectivity index (χ2v) is 6.23. The third-order valence-corrected chi connectivity index (χ3v) is 3.74. The minimum atomic E-state index is -0.525. The lowest BCUT2D eigenvalue weighted by Gasteiger charge is -2.13. The molecule has 0 bridgehead atoms. The van der Waals surface area contributed by atoms with Gasteiger partial charge in [-0.05, 0) is 23.8 Å². The molecule has 0 saturated heterocycles. The van der Waals surface area contributed by atoms with E-state index in [-0.39, 0.29) is 58.3 Å². The molecule has 0 saturated carbocycles. The summed E-state index contributed by atoms with van der Waals surface area (Å²) < 4.78 is 10.2. The zero-order valence-corrected chi connectivity index (χ0v) is 17.0. The van der Waals surface area contributed by atoms with Crippen molar-refractivity contribution in [3.63, 3.8) is 0 Å². The standard InChI is InChI=1S/C20H31N3O6/c1-23(2)17-5-3-16(4-6-17)15-18(19(26)21-7-11-28-13-9-24)20(27)22-8-12-29-14-10-25/h3-6,15,24-25H,7-14H2,1-2H3,(H,21,26)(H,22,27). The summed E-state index contributed by atoms with van der Waals surface area (Å²) in [4.78, 5) is 27.0. The number of aliphatic hydroxyl groups excluding tert-OH is 2. The molecule has 0 aromatic heterocycles. The Morgan fingerprint density at radius 1 is 0.897 bits per heavy atom. The van der Waals surface area contributed by atoms with Crippen molar-refractivity contribution in [2.45, 2.75) is 0 Å². The molecule has 1 aromatic rings. The highest BCUT2D eigenvalue weighted by atomic mass is 16.5. The van der Waals surface area contributed by atoms with Gasteiger partial charge in [-0.25, -0.2) is 0 Å². The van der Waals surface area contributed by atoms with Gasteiger partial charge in [0.2, 0.25) is 0 Å². The normalized spacial score (nSPS) is 10.3. The first kappa shape index (κ1) is 24.6. The Hall–Kier alpha value is -2.46. The predicted octanol–water partition coefficient (Wildman–Crippen LogP) is -0.614. The average molecular weight is 409 g/mol. The van der Waals surface area contributed by atoms with Gasteiger partial charge in [0.05, 0.1) is 39.6 Å². The molecule has 1 aromatic carbocycles. The summed E-state index contributed by atoms with van der Waals surface area (Å²) in [5, 5.41) is 22.6. The molecule has 0 atom stereocenters. The Labute approximate surface area is 171 Å². The lowest BCUT2D eigenvalue weighted by molar-refractivity contribution is -0.123. The van der Waals surface area contributed by atoms with Crippen LogP contribution in [0.25, 0.3) is 6.08 Å². The zero-order valence-electron chi connectivity index (χ0n) is 17.0. The maximum Gasteiger partial charge on any atom is 0.256 e. The van der Waals surface area contributed by atoms with E-state index < -0.39 is 11.8 Å². The minimum absolute atomic E-state index is 0.0353. The third-order valence-electron chi connectivity index (χ3n) is 3.74. The molecule has 0 aliphatic carbocycles. The molecule has 162 valence electrons. The highest BCUT2D eigenvalue weighted by Gasteiger charge is 2.18. The SMILES string of the molecule is CN(C)c1ccc(C=C(C(=O)NCCOCCO)C(=O)NCCOCCO)cc1. The second-order valence-electron chi connectivity index (χ2n) is 6.23. The second kappa shape index (κ2) is 14.5. The molecule has 0 spiro atoms. The van der Waals surface area contributed by atoms with E-state index in [1.54, 1.807) is 0 Å². The smallest absolute Gasteiger partial charge is 0.256 e. The predicted molar refractivity (Wildman–Crippen MR) is 111 cm³/mol. The van der Waals surface area contributed by atoms with E-state index in [4.69, 9.17) is 19.7 Å². The van der Waals surface area contributed by atoms with Crippen molar-refractivity contribution >= 4 is 23.6 Å². The molecule has 2 amide bonds. The van der Waals surface area contributed by atoms with Gasteiger partial charge in [0.15, 0.2) is 0 Å². The van der Waals surface area contributed by atoms with Crippen LogP contribution in [0.2, 0.25) is 0 Å². The van der Waals surface area contributed by atoms with Crippen LogP contribution in [0.4, 0.5) is 5.69 Å². The summed E-state index contributed by atoms with van der Waals surface area (Å²) in [6.07, 6.45) is 1.52. The Bertz CT molecular complexity index is 618. The van der Waals surface area contributed by atoms with E-state index >= 15 is 0 Å². The largest absolute Gasteiger partial charge is 0.394 e. The molecule has 9 heteroatoms. The van der Waals surface area contributed by atoms with Gasteiger partial charge in [-0.15, -0.1) is 0 Å². The van der Waals surface area contributed by atoms with Gasteiger partial charge >= 0.3 is 0 Å². The van der Waals surface area contributed by atoms with E-state index in [0.717, 1.165) is 5.69 Å². The summed E-state index contributed by atoms with van der Waals surface area (Å²) >= 11 is 0. The maximum absolute atomic E-state index is 12.5. The first-order valence-corrected chi connectivity index (χ1v) is 9.42. The van der Waals surface area contributed by atoms with Crippen LogP contribution in [0.1, 0.15) is 5.56 Å².